The zero-order chi connectivity index (χ0) is 14.5. The quantitative estimate of drug-likeness (QED) is 0.897. The third-order valence-corrected chi connectivity index (χ3v) is 3.71. The summed E-state index contributed by atoms with van der Waals surface area (Å²) in [5.74, 6) is 1.34. The molecule has 1 aromatic rings. The lowest BCUT2D eigenvalue weighted by molar-refractivity contribution is 0.199. The fourth-order valence-electron chi connectivity index (χ4n) is 2.59. The van der Waals surface area contributed by atoms with Crippen LogP contribution in [-0.2, 0) is 6.54 Å². The second kappa shape index (κ2) is 8.69. The molecule has 0 spiro atoms. The summed E-state index contributed by atoms with van der Waals surface area (Å²) >= 11 is 6.28. The molecule has 21 heavy (non-hydrogen) atoms. The first-order valence-corrected chi connectivity index (χ1v) is 7.46. The SMILES string of the molecule is CCOc1cc(CN2CCN[C@H](C)C2)cc(Cl)c1OC.Cl. The van der Waals surface area contributed by atoms with Gasteiger partial charge in [0.2, 0.25) is 0 Å². The molecule has 1 aliphatic heterocycles. The molecule has 2 rings (SSSR count). The highest BCUT2D eigenvalue weighted by atomic mass is 35.5. The van der Waals surface area contributed by atoms with E-state index in [-0.39, 0.29) is 12.4 Å². The first-order chi connectivity index (χ1) is 9.63. The first kappa shape index (κ1) is 18.4. The number of piperazine rings is 1. The van der Waals surface area contributed by atoms with Gasteiger partial charge >= 0.3 is 0 Å². The van der Waals surface area contributed by atoms with Crippen LogP contribution in [-0.4, -0.2) is 44.3 Å². The van der Waals surface area contributed by atoms with E-state index < -0.39 is 0 Å². The van der Waals surface area contributed by atoms with Crippen molar-refractivity contribution in [3.05, 3.63) is 22.7 Å². The third kappa shape index (κ3) is 4.92. The molecule has 1 fully saturated rings. The number of rotatable bonds is 5. The number of ether oxygens (including phenoxy) is 2. The third-order valence-electron chi connectivity index (χ3n) is 3.43. The number of nitrogens with one attached hydrogen (secondary N) is 1. The lowest BCUT2D eigenvalue weighted by Crippen LogP contribution is -2.48. The van der Waals surface area contributed by atoms with Gasteiger partial charge in [-0.3, -0.25) is 4.90 Å². The summed E-state index contributed by atoms with van der Waals surface area (Å²) in [7, 11) is 1.61. The molecule has 0 amide bonds. The van der Waals surface area contributed by atoms with Crippen LogP contribution in [0, 0.1) is 0 Å². The highest BCUT2D eigenvalue weighted by molar-refractivity contribution is 6.32. The predicted octanol–water partition coefficient (Wildman–Crippen LogP) is 2.96. The normalized spacial score (nSPS) is 19.0. The number of halogens is 2. The van der Waals surface area contributed by atoms with Crippen molar-refractivity contribution in [2.75, 3.05) is 33.4 Å². The number of hydrogen-bond donors (Lipinski definition) is 1. The Morgan fingerprint density at radius 1 is 1.43 bits per heavy atom. The molecule has 1 aliphatic rings. The Morgan fingerprint density at radius 2 is 2.19 bits per heavy atom. The molecule has 0 aromatic heterocycles. The fraction of sp³-hybridized carbons (Fsp3) is 0.600. The van der Waals surface area contributed by atoms with E-state index in [9.17, 15) is 0 Å². The Bertz CT molecular complexity index is 458. The number of benzene rings is 1. The molecule has 6 heteroatoms. The summed E-state index contributed by atoms with van der Waals surface area (Å²) in [5, 5.41) is 4.05. The zero-order valence-corrected chi connectivity index (χ0v) is 14.4. The van der Waals surface area contributed by atoms with Crippen molar-refractivity contribution in [2.24, 2.45) is 0 Å². The Balaban J connectivity index is 0.00000220. The fourth-order valence-corrected chi connectivity index (χ4v) is 2.90. The Hall–Kier alpha value is -0.680. The van der Waals surface area contributed by atoms with Gasteiger partial charge in [-0.15, -0.1) is 12.4 Å². The zero-order valence-electron chi connectivity index (χ0n) is 12.8. The Morgan fingerprint density at radius 3 is 2.81 bits per heavy atom. The molecule has 1 atom stereocenters. The highest BCUT2D eigenvalue weighted by Gasteiger charge is 2.17. The van der Waals surface area contributed by atoms with E-state index in [1.165, 1.54) is 0 Å². The predicted molar refractivity (Wildman–Crippen MR) is 89.2 cm³/mol. The summed E-state index contributed by atoms with van der Waals surface area (Å²) < 4.78 is 10.9. The van der Waals surface area contributed by atoms with E-state index >= 15 is 0 Å². The molecule has 1 heterocycles. The summed E-state index contributed by atoms with van der Waals surface area (Å²) in [6.45, 7) is 8.78. The molecule has 0 bridgehead atoms. The van der Waals surface area contributed by atoms with E-state index in [1.54, 1.807) is 7.11 Å². The van der Waals surface area contributed by atoms with E-state index in [0.717, 1.165) is 37.5 Å². The van der Waals surface area contributed by atoms with E-state index in [4.69, 9.17) is 21.1 Å². The van der Waals surface area contributed by atoms with Gasteiger partial charge < -0.3 is 14.8 Å². The molecular weight excluding hydrogens is 311 g/mol. The van der Waals surface area contributed by atoms with Crippen LogP contribution in [0.15, 0.2) is 12.1 Å². The molecule has 1 N–H and O–H groups in total. The van der Waals surface area contributed by atoms with Crippen LogP contribution in [0.3, 0.4) is 0 Å². The van der Waals surface area contributed by atoms with Gasteiger partial charge in [-0.05, 0) is 31.5 Å². The van der Waals surface area contributed by atoms with Crippen molar-refractivity contribution in [3.63, 3.8) is 0 Å². The monoisotopic (exact) mass is 334 g/mol. The van der Waals surface area contributed by atoms with Crippen molar-refractivity contribution < 1.29 is 9.47 Å². The van der Waals surface area contributed by atoms with Crippen molar-refractivity contribution in [3.8, 4) is 11.5 Å². The van der Waals surface area contributed by atoms with E-state index in [2.05, 4.69) is 17.1 Å². The average Bonchev–Trinajstić information content (AvgIpc) is 2.39. The number of nitrogens with zero attached hydrogens (tertiary/aromatic N) is 1. The average molecular weight is 335 g/mol. The van der Waals surface area contributed by atoms with Gasteiger partial charge in [0.05, 0.1) is 18.7 Å². The van der Waals surface area contributed by atoms with E-state index in [1.807, 2.05) is 19.1 Å². The molecule has 0 radical (unpaired) electrons. The van der Waals surface area contributed by atoms with Gasteiger partial charge in [0.15, 0.2) is 11.5 Å². The molecule has 0 unspecified atom stereocenters. The summed E-state index contributed by atoms with van der Waals surface area (Å²) in [4.78, 5) is 2.43. The summed E-state index contributed by atoms with van der Waals surface area (Å²) in [5.41, 5.74) is 1.16. The Labute approximate surface area is 138 Å². The number of methoxy groups -OCH3 is 1. The molecular formula is C15H24Cl2N2O2. The minimum absolute atomic E-state index is 0. The van der Waals surface area contributed by atoms with Crippen LogP contribution in [0.25, 0.3) is 0 Å². The number of hydrogen-bond acceptors (Lipinski definition) is 4. The van der Waals surface area contributed by atoms with Gasteiger partial charge in [-0.2, -0.15) is 0 Å². The minimum atomic E-state index is 0. The smallest absolute Gasteiger partial charge is 0.179 e. The molecule has 0 saturated carbocycles. The molecule has 1 saturated heterocycles. The standard InChI is InChI=1S/C15H23ClN2O2.ClH/c1-4-20-14-8-12(7-13(16)15(14)19-3)10-18-6-5-17-11(2)9-18;/h7-8,11,17H,4-6,9-10H2,1-3H3;1H/t11-;/m1./s1. The van der Waals surface area contributed by atoms with Crippen LogP contribution in [0.5, 0.6) is 11.5 Å². The van der Waals surface area contributed by atoms with Crippen LogP contribution in [0.4, 0.5) is 0 Å². The molecule has 4 nitrogen and oxygen atoms in total. The van der Waals surface area contributed by atoms with Crippen molar-refractivity contribution in [1.29, 1.82) is 0 Å². The van der Waals surface area contributed by atoms with Crippen LogP contribution >= 0.6 is 24.0 Å². The maximum Gasteiger partial charge on any atom is 0.179 e. The van der Waals surface area contributed by atoms with Gasteiger partial charge in [-0.25, -0.2) is 0 Å². The van der Waals surface area contributed by atoms with Gasteiger partial charge in [-0.1, -0.05) is 11.6 Å². The van der Waals surface area contributed by atoms with Crippen LogP contribution in [0.2, 0.25) is 5.02 Å². The maximum absolute atomic E-state index is 6.28. The van der Waals surface area contributed by atoms with Crippen molar-refractivity contribution in [1.82, 2.24) is 10.2 Å². The Kier molecular flexibility index (Phi) is 7.60. The van der Waals surface area contributed by atoms with Crippen LogP contribution in [0.1, 0.15) is 19.4 Å². The maximum atomic E-state index is 6.28. The van der Waals surface area contributed by atoms with Crippen LogP contribution < -0.4 is 14.8 Å². The highest BCUT2D eigenvalue weighted by Crippen LogP contribution is 2.36. The largest absolute Gasteiger partial charge is 0.491 e. The summed E-state index contributed by atoms with van der Waals surface area (Å²) in [6, 6.07) is 4.53. The first-order valence-electron chi connectivity index (χ1n) is 7.09. The van der Waals surface area contributed by atoms with Crippen molar-refractivity contribution in [2.45, 2.75) is 26.4 Å². The van der Waals surface area contributed by atoms with Crippen molar-refractivity contribution >= 4 is 24.0 Å². The lowest BCUT2D eigenvalue weighted by Gasteiger charge is -2.32. The second-order valence-corrected chi connectivity index (χ2v) is 5.54. The lowest BCUT2D eigenvalue weighted by atomic mass is 10.1. The molecule has 0 aliphatic carbocycles. The van der Waals surface area contributed by atoms with Gasteiger partial charge in [0.1, 0.15) is 0 Å². The minimum Gasteiger partial charge on any atom is -0.491 e. The second-order valence-electron chi connectivity index (χ2n) is 5.13. The van der Waals surface area contributed by atoms with Gasteiger partial charge in [0.25, 0.3) is 0 Å². The topological polar surface area (TPSA) is 33.7 Å². The van der Waals surface area contributed by atoms with E-state index in [0.29, 0.717) is 23.4 Å². The molecule has 1 aromatic carbocycles. The molecule has 120 valence electrons. The van der Waals surface area contributed by atoms with Gasteiger partial charge in [0, 0.05) is 32.2 Å². The summed E-state index contributed by atoms with van der Waals surface area (Å²) in [6.07, 6.45) is 0.